The van der Waals surface area contributed by atoms with Crippen LogP contribution in [0.4, 0.5) is 0 Å². The molecule has 0 bridgehead atoms. The van der Waals surface area contributed by atoms with E-state index < -0.39 is 0 Å². The molecular formula is C22H29O3P. The molecule has 1 atom stereocenters. The van der Waals surface area contributed by atoms with E-state index in [0.717, 1.165) is 46.3 Å². The fraction of sp³-hybridized carbons (Fsp3) is 0.409. The lowest BCUT2D eigenvalue weighted by atomic mass is 10.0. The van der Waals surface area contributed by atoms with Gasteiger partial charge in [0, 0.05) is 16.9 Å². The van der Waals surface area contributed by atoms with Gasteiger partial charge in [-0.2, -0.15) is 0 Å². The van der Waals surface area contributed by atoms with Gasteiger partial charge in [0.2, 0.25) is 0 Å². The third-order valence-corrected chi connectivity index (χ3v) is 5.20. The van der Waals surface area contributed by atoms with Crippen LogP contribution in [0, 0.1) is 20.8 Å². The standard InChI is InChI=1S/C22H29O3P/c1-6-10-24-18-8-9-20(19(14-18)25-11-7-2)26-22(23)21-16(4)12-15(3)13-17(21)5/h8-9,12-14,26H,6-7,10-11H2,1-5H3. The lowest BCUT2D eigenvalue weighted by Crippen LogP contribution is -2.10. The summed E-state index contributed by atoms with van der Waals surface area (Å²) in [7, 11) is 0.0346. The van der Waals surface area contributed by atoms with Crippen LogP contribution in [0.2, 0.25) is 0 Å². The van der Waals surface area contributed by atoms with E-state index in [1.54, 1.807) is 0 Å². The van der Waals surface area contributed by atoms with Crippen LogP contribution >= 0.6 is 8.58 Å². The molecule has 2 rings (SSSR count). The van der Waals surface area contributed by atoms with Crippen molar-refractivity contribution < 1.29 is 14.3 Å². The number of hydrogen-bond acceptors (Lipinski definition) is 3. The number of rotatable bonds is 9. The summed E-state index contributed by atoms with van der Waals surface area (Å²) in [5.74, 6) is 1.55. The number of carbonyl (C=O) groups excluding carboxylic acids is 1. The lowest BCUT2D eigenvalue weighted by molar-refractivity contribution is 0.108. The third kappa shape index (κ3) is 5.32. The zero-order valence-corrected chi connectivity index (χ0v) is 17.4. The largest absolute Gasteiger partial charge is 0.493 e. The molecule has 4 heteroatoms. The highest BCUT2D eigenvalue weighted by molar-refractivity contribution is 7.66. The summed E-state index contributed by atoms with van der Waals surface area (Å²) in [6.07, 6.45) is 1.88. The van der Waals surface area contributed by atoms with Crippen LogP contribution in [0.1, 0.15) is 53.7 Å². The van der Waals surface area contributed by atoms with E-state index in [1.165, 1.54) is 5.56 Å². The smallest absolute Gasteiger partial charge is 0.186 e. The van der Waals surface area contributed by atoms with Crippen molar-refractivity contribution in [1.82, 2.24) is 0 Å². The number of ether oxygens (including phenoxy) is 2. The molecule has 1 unspecified atom stereocenters. The van der Waals surface area contributed by atoms with Crippen LogP contribution in [-0.2, 0) is 0 Å². The molecule has 2 aromatic carbocycles. The second-order valence-corrected chi connectivity index (χ2v) is 7.83. The quantitative estimate of drug-likeness (QED) is 0.558. The van der Waals surface area contributed by atoms with Crippen molar-refractivity contribution in [3.8, 4) is 11.5 Å². The van der Waals surface area contributed by atoms with E-state index in [4.69, 9.17) is 9.47 Å². The van der Waals surface area contributed by atoms with Gasteiger partial charge in [-0.15, -0.1) is 0 Å². The van der Waals surface area contributed by atoms with Gasteiger partial charge in [0.15, 0.2) is 5.52 Å². The molecule has 0 aliphatic carbocycles. The highest BCUT2D eigenvalue weighted by Gasteiger charge is 2.16. The average molecular weight is 372 g/mol. The van der Waals surface area contributed by atoms with Gasteiger partial charge in [-0.05, 0) is 65.5 Å². The molecule has 0 aromatic heterocycles. The summed E-state index contributed by atoms with van der Waals surface area (Å²) in [5, 5.41) is 0.937. The number of aryl methyl sites for hydroxylation is 3. The predicted octanol–water partition coefficient (Wildman–Crippen LogP) is 5.33. The monoisotopic (exact) mass is 372 g/mol. The number of benzene rings is 2. The summed E-state index contributed by atoms with van der Waals surface area (Å²) >= 11 is 0. The van der Waals surface area contributed by atoms with E-state index in [2.05, 4.69) is 32.9 Å². The highest BCUT2D eigenvalue weighted by atomic mass is 31.1. The molecule has 0 N–H and O–H groups in total. The van der Waals surface area contributed by atoms with Gasteiger partial charge in [0.05, 0.1) is 13.2 Å². The normalized spacial score (nSPS) is 11.1. The maximum absolute atomic E-state index is 13.0. The first-order valence-corrected chi connectivity index (χ1v) is 10.2. The van der Waals surface area contributed by atoms with Gasteiger partial charge in [0.25, 0.3) is 0 Å². The molecule has 0 saturated heterocycles. The molecule has 3 nitrogen and oxygen atoms in total. The van der Waals surface area contributed by atoms with Gasteiger partial charge in [0.1, 0.15) is 11.5 Å². The van der Waals surface area contributed by atoms with Crippen LogP contribution in [0.5, 0.6) is 11.5 Å². The first kappa shape index (κ1) is 20.5. The number of carbonyl (C=O) groups is 1. The molecule has 0 amide bonds. The second kappa shape index (κ2) is 9.73. The molecular weight excluding hydrogens is 343 g/mol. The molecule has 0 aliphatic rings. The Morgan fingerprint density at radius 2 is 1.54 bits per heavy atom. The lowest BCUT2D eigenvalue weighted by Gasteiger charge is -2.15. The minimum Gasteiger partial charge on any atom is -0.493 e. The minimum absolute atomic E-state index is 0.0346. The van der Waals surface area contributed by atoms with Crippen molar-refractivity contribution in [2.45, 2.75) is 47.5 Å². The van der Waals surface area contributed by atoms with Crippen molar-refractivity contribution in [3.05, 3.63) is 52.6 Å². The van der Waals surface area contributed by atoms with Crippen LogP contribution in [0.25, 0.3) is 0 Å². The van der Waals surface area contributed by atoms with E-state index in [-0.39, 0.29) is 14.1 Å². The summed E-state index contributed by atoms with van der Waals surface area (Å²) in [4.78, 5) is 13.0. The minimum atomic E-state index is 0.0346. The maximum Gasteiger partial charge on any atom is 0.186 e. The Bertz CT molecular complexity index is 745. The van der Waals surface area contributed by atoms with Gasteiger partial charge in [-0.1, -0.05) is 31.5 Å². The van der Waals surface area contributed by atoms with Gasteiger partial charge >= 0.3 is 0 Å². The Labute approximate surface area is 158 Å². The molecule has 0 spiro atoms. The maximum atomic E-state index is 13.0. The van der Waals surface area contributed by atoms with Crippen molar-refractivity contribution in [2.24, 2.45) is 0 Å². The average Bonchev–Trinajstić information content (AvgIpc) is 2.58. The van der Waals surface area contributed by atoms with Crippen molar-refractivity contribution in [3.63, 3.8) is 0 Å². The van der Waals surface area contributed by atoms with Crippen LogP contribution in [0.15, 0.2) is 30.3 Å². The van der Waals surface area contributed by atoms with Crippen LogP contribution < -0.4 is 14.8 Å². The first-order valence-electron chi connectivity index (χ1n) is 9.25. The Morgan fingerprint density at radius 1 is 0.923 bits per heavy atom. The first-order chi connectivity index (χ1) is 12.5. The van der Waals surface area contributed by atoms with E-state index in [0.29, 0.717) is 13.2 Å². The van der Waals surface area contributed by atoms with Crippen LogP contribution in [0.3, 0.4) is 0 Å². The van der Waals surface area contributed by atoms with Crippen LogP contribution in [-0.4, -0.2) is 18.7 Å². The number of hydrogen-bond donors (Lipinski definition) is 0. The van der Waals surface area contributed by atoms with Gasteiger partial charge in [-0.3, -0.25) is 4.79 Å². The zero-order valence-electron chi connectivity index (χ0n) is 16.4. The zero-order chi connectivity index (χ0) is 19.1. The Hall–Kier alpha value is -1.86. The second-order valence-electron chi connectivity index (χ2n) is 6.58. The Morgan fingerprint density at radius 3 is 2.15 bits per heavy atom. The van der Waals surface area contributed by atoms with Gasteiger partial charge in [-0.25, -0.2) is 0 Å². The predicted molar refractivity (Wildman–Crippen MR) is 111 cm³/mol. The fourth-order valence-corrected chi connectivity index (χ4v) is 4.17. The molecule has 0 fully saturated rings. The molecule has 0 aliphatic heterocycles. The Balaban J connectivity index is 2.28. The fourth-order valence-electron chi connectivity index (χ4n) is 2.97. The Kier molecular flexibility index (Phi) is 7.66. The molecule has 0 radical (unpaired) electrons. The van der Waals surface area contributed by atoms with E-state index in [9.17, 15) is 4.79 Å². The topological polar surface area (TPSA) is 35.5 Å². The SMILES string of the molecule is CCCOc1ccc(PC(=O)c2c(C)cc(C)cc2C)c(OCCC)c1. The molecule has 0 saturated carbocycles. The summed E-state index contributed by atoms with van der Waals surface area (Å²) < 4.78 is 11.6. The van der Waals surface area contributed by atoms with E-state index in [1.807, 2.05) is 32.0 Å². The summed E-state index contributed by atoms with van der Waals surface area (Å²) in [5.41, 5.74) is 4.26. The molecule has 140 valence electrons. The van der Waals surface area contributed by atoms with Gasteiger partial charge < -0.3 is 9.47 Å². The molecule has 2 aromatic rings. The highest BCUT2D eigenvalue weighted by Crippen LogP contribution is 2.30. The molecule has 26 heavy (non-hydrogen) atoms. The summed E-state index contributed by atoms with van der Waals surface area (Å²) in [6.45, 7) is 11.5. The van der Waals surface area contributed by atoms with E-state index >= 15 is 0 Å². The molecule has 0 heterocycles. The third-order valence-electron chi connectivity index (χ3n) is 4.04. The van der Waals surface area contributed by atoms with Crippen molar-refractivity contribution >= 4 is 19.4 Å². The van der Waals surface area contributed by atoms with Crippen molar-refractivity contribution in [1.29, 1.82) is 0 Å². The van der Waals surface area contributed by atoms with Crippen molar-refractivity contribution in [2.75, 3.05) is 13.2 Å². The summed E-state index contributed by atoms with van der Waals surface area (Å²) in [6, 6.07) is 9.95.